The number of rotatable bonds is 6. The second-order valence-electron chi connectivity index (χ2n) is 12.9. The van der Waals surface area contributed by atoms with Gasteiger partial charge in [0.15, 0.2) is 5.82 Å². The van der Waals surface area contributed by atoms with Crippen molar-refractivity contribution in [3.8, 4) is 73.4 Å². The van der Waals surface area contributed by atoms with Crippen molar-refractivity contribution in [2.75, 3.05) is 0 Å². The van der Waals surface area contributed by atoms with E-state index in [9.17, 15) is 5.26 Å². The normalized spacial score (nSPS) is 11.1. The quantitative estimate of drug-likeness (QED) is 0.178. The molecule has 9 aromatic rings. The topological polar surface area (TPSA) is 49.6 Å². The van der Waals surface area contributed by atoms with Crippen LogP contribution in [-0.2, 0) is 0 Å². The number of hydrogen-bond donors (Lipinski definition) is 0. The van der Waals surface area contributed by atoms with Crippen LogP contribution in [0.5, 0.6) is 0 Å². The van der Waals surface area contributed by atoms with Crippen molar-refractivity contribution in [1.82, 2.24) is 9.97 Å². The van der Waals surface area contributed by atoms with Gasteiger partial charge in [0.1, 0.15) is 0 Å². The van der Waals surface area contributed by atoms with Gasteiger partial charge in [0, 0.05) is 16.7 Å². The third kappa shape index (κ3) is 5.69. The van der Waals surface area contributed by atoms with Crippen molar-refractivity contribution in [1.29, 1.82) is 5.26 Å². The van der Waals surface area contributed by atoms with E-state index in [1.807, 2.05) is 60.7 Å². The smallest absolute Gasteiger partial charge is 0.160 e. The van der Waals surface area contributed by atoms with Crippen LogP contribution in [0.4, 0.5) is 0 Å². The van der Waals surface area contributed by atoms with E-state index in [0.29, 0.717) is 11.4 Å². The van der Waals surface area contributed by atoms with E-state index in [2.05, 4.69) is 133 Å². The lowest BCUT2D eigenvalue weighted by molar-refractivity contribution is 1.18. The molecule has 0 fully saturated rings. The lowest BCUT2D eigenvalue weighted by Crippen LogP contribution is -1.95. The maximum atomic E-state index is 9.33. The van der Waals surface area contributed by atoms with E-state index in [1.165, 1.54) is 38.2 Å². The molecule has 0 saturated carbocycles. The third-order valence-electron chi connectivity index (χ3n) is 9.76. The number of benzene rings is 8. The highest BCUT2D eigenvalue weighted by atomic mass is 14.9. The molecule has 0 N–H and O–H groups in total. The molecular weight excluding hydrogens is 631 g/mol. The second kappa shape index (κ2) is 13.3. The summed E-state index contributed by atoms with van der Waals surface area (Å²) in [6.07, 6.45) is 0. The standard InChI is InChI=1S/C49H31N3/c50-32-33-21-23-34(24-22-33)40-29-30-44(43-18-8-7-17-42(40)43)45-20-10-16-38-15-9-19-41(48(38)45)35-25-27-37(28-26-35)47-31-46(36-11-3-1-4-12-36)51-49(52-47)39-13-5-2-6-14-39/h1-31H. The molecule has 0 aliphatic rings. The molecular formula is C49H31N3. The predicted octanol–water partition coefficient (Wildman–Crippen LogP) is 12.7. The minimum atomic E-state index is 0.659. The van der Waals surface area contributed by atoms with Crippen LogP contribution in [0.3, 0.4) is 0 Å². The van der Waals surface area contributed by atoms with Gasteiger partial charge in [0.2, 0.25) is 0 Å². The van der Waals surface area contributed by atoms with Crippen LogP contribution in [0, 0.1) is 11.3 Å². The molecule has 0 unspecified atom stereocenters. The van der Waals surface area contributed by atoms with Crippen LogP contribution in [0.2, 0.25) is 0 Å². The van der Waals surface area contributed by atoms with E-state index in [-0.39, 0.29) is 0 Å². The fraction of sp³-hybridized carbons (Fsp3) is 0. The summed E-state index contributed by atoms with van der Waals surface area (Å²) in [6.45, 7) is 0. The largest absolute Gasteiger partial charge is 0.228 e. The first kappa shape index (κ1) is 30.9. The second-order valence-corrected chi connectivity index (χ2v) is 12.9. The predicted molar refractivity (Wildman–Crippen MR) is 214 cm³/mol. The molecule has 0 bridgehead atoms. The number of hydrogen-bond acceptors (Lipinski definition) is 3. The van der Waals surface area contributed by atoms with Gasteiger partial charge in [-0.25, -0.2) is 9.97 Å². The van der Waals surface area contributed by atoms with Gasteiger partial charge in [0.25, 0.3) is 0 Å². The first-order valence-corrected chi connectivity index (χ1v) is 17.4. The van der Waals surface area contributed by atoms with E-state index < -0.39 is 0 Å². The monoisotopic (exact) mass is 661 g/mol. The molecule has 0 aliphatic heterocycles. The molecule has 3 heteroatoms. The summed E-state index contributed by atoms with van der Waals surface area (Å²) in [5.74, 6) is 0.706. The lowest BCUT2D eigenvalue weighted by Gasteiger charge is -2.16. The van der Waals surface area contributed by atoms with Gasteiger partial charge in [-0.2, -0.15) is 5.26 Å². The minimum absolute atomic E-state index is 0.659. The maximum absolute atomic E-state index is 9.33. The molecule has 0 aliphatic carbocycles. The summed E-state index contributed by atoms with van der Waals surface area (Å²) in [5, 5.41) is 14.1. The summed E-state index contributed by atoms with van der Waals surface area (Å²) < 4.78 is 0. The molecule has 242 valence electrons. The Hall–Kier alpha value is -7.15. The van der Waals surface area contributed by atoms with E-state index in [1.54, 1.807) is 0 Å². The van der Waals surface area contributed by atoms with Gasteiger partial charge in [-0.1, -0.05) is 170 Å². The van der Waals surface area contributed by atoms with Crippen LogP contribution in [0.25, 0.3) is 88.8 Å². The summed E-state index contributed by atoms with van der Waals surface area (Å²) in [4.78, 5) is 10.0. The molecule has 0 saturated heterocycles. The van der Waals surface area contributed by atoms with Gasteiger partial charge in [-0.15, -0.1) is 0 Å². The van der Waals surface area contributed by atoms with E-state index in [4.69, 9.17) is 9.97 Å². The molecule has 0 radical (unpaired) electrons. The van der Waals surface area contributed by atoms with Crippen LogP contribution in [0.15, 0.2) is 188 Å². The van der Waals surface area contributed by atoms with Crippen molar-refractivity contribution < 1.29 is 0 Å². The Morgan fingerprint density at radius 2 is 0.865 bits per heavy atom. The number of aromatic nitrogens is 2. The number of nitriles is 1. The molecule has 1 aromatic heterocycles. The molecule has 52 heavy (non-hydrogen) atoms. The molecule has 8 aromatic carbocycles. The number of fused-ring (bicyclic) bond motifs is 2. The van der Waals surface area contributed by atoms with Gasteiger partial charge in [-0.05, 0) is 73.1 Å². The molecule has 3 nitrogen and oxygen atoms in total. The molecule has 0 atom stereocenters. The lowest BCUT2D eigenvalue weighted by atomic mass is 9.87. The van der Waals surface area contributed by atoms with E-state index >= 15 is 0 Å². The van der Waals surface area contributed by atoms with Crippen molar-refractivity contribution in [2.24, 2.45) is 0 Å². The fourth-order valence-corrected chi connectivity index (χ4v) is 7.20. The van der Waals surface area contributed by atoms with Crippen LogP contribution in [0.1, 0.15) is 5.56 Å². The average Bonchev–Trinajstić information content (AvgIpc) is 3.23. The van der Waals surface area contributed by atoms with Gasteiger partial charge in [-0.3, -0.25) is 0 Å². The van der Waals surface area contributed by atoms with E-state index in [0.717, 1.165) is 44.8 Å². The molecule has 1 heterocycles. The van der Waals surface area contributed by atoms with Crippen LogP contribution in [-0.4, -0.2) is 9.97 Å². The van der Waals surface area contributed by atoms with Crippen LogP contribution < -0.4 is 0 Å². The minimum Gasteiger partial charge on any atom is -0.228 e. The summed E-state index contributed by atoms with van der Waals surface area (Å²) in [7, 11) is 0. The fourth-order valence-electron chi connectivity index (χ4n) is 7.20. The Kier molecular flexibility index (Phi) is 7.89. The highest BCUT2D eigenvalue weighted by Gasteiger charge is 2.16. The third-order valence-corrected chi connectivity index (χ3v) is 9.76. The maximum Gasteiger partial charge on any atom is 0.160 e. The zero-order valence-corrected chi connectivity index (χ0v) is 28.2. The van der Waals surface area contributed by atoms with Crippen molar-refractivity contribution in [3.63, 3.8) is 0 Å². The average molecular weight is 662 g/mol. The summed E-state index contributed by atoms with van der Waals surface area (Å²) in [6, 6.07) is 67.6. The molecule has 9 rings (SSSR count). The van der Waals surface area contributed by atoms with Crippen molar-refractivity contribution in [2.45, 2.75) is 0 Å². The van der Waals surface area contributed by atoms with Crippen molar-refractivity contribution in [3.05, 3.63) is 194 Å². The molecule has 0 amide bonds. The highest BCUT2D eigenvalue weighted by Crippen LogP contribution is 2.42. The highest BCUT2D eigenvalue weighted by molar-refractivity contribution is 6.13. The zero-order chi connectivity index (χ0) is 34.9. The Bertz CT molecular complexity index is 2700. The Morgan fingerprint density at radius 1 is 0.365 bits per heavy atom. The summed E-state index contributed by atoms with van der Waals surface area (Å²) in [5.41, 5.74) is 12.4. The van der Waals surface area contributed by atoms with Crippen LogP contribution >= 0.6 is 0 Å². The number of nitrogens with zero attached hydrogens (tertiary/aromatic N) is 3. The Balaban J connectivity index is 1.15. The van der Waals surface area contributed by atoms with Gasteiger partial charge < -0.3 is 0 Å². The SMILES string of the molecule is N#Cc1ccc(-c2ccc(-c3cccc4cccc(-c5ccc(-c6cc(-c7ccccc7)nc(-c7ccccc7)n6)cc5)c34)c3ccccc23)cc1. The molecule has 0 spiro atoms. The first-order chi connectivity index (χ1) is 25.7. The first-order valence-electron chi connectivity index (χ1n) is 17.4. The zero-order valence-electron chi connectivity index (χ0n) is 28.2. The summed E-state index contributed by atoms with van der Waals surface area (Å²) >= 11 is 0. The van der Waals surface area contributed by atoms with Gasteiger partial charge >= 0.3 is 0 Å². The van der Waals surface area contributed by atoms with Gasteiger partial charge in [0.05, 0.1) is 23.0 Å². The Morgan fingerprint density at radius 3 is 1.52 bits per heavy atom. The Labute approximate surface area is 302 Å². The van der Waals surface area contributed by atoms with Crippen molar-refractivity contribution >= 4 is 21.5 Å².